The lowest BCUT2D eigenvalue weighted by molar-refractivity contribution is 0.134. The summed E-state index contributed by atoms with van der Waals surface area (Å²) >= 11 is 1.72. The van der Waals surface area contributed by atoms with Crippen LogP contribution in [0.25, 0.3) is 0 Å². The summed E-state index contributed by atoms with van der Waals surface area (Å²) in [5.41, 5.74) is 3.96. The van der Waals surface area contributed by atoms with E-state index in [1.54, 1.807) is 23.5 Å². The SMILES string of the molecule is CC(C)c1nc2c(s1)Nc1ccccc1N=C2N1CCN(C)C(CCc2cccc(F)c2)C1. The number of thiazole rings is 1. The highest BCUT2D eigenvalue weighted by atomic mass is 32.1. The molecule has 1 atom stereocenters. The van der Waals surface area contributed by atoms with Crippen molar-refractivity contribution >= 4 is 33.5 Å². The smallest absolute Gasteiger partial charge is 0.158 e. The quantitative estimate of drug-likeness (QED) is 0.532. The lowest BCUT2D eigenvalue weighted by Gasteiger charge is -2.40. The molecule has 1 aromatic heterocycles. The van der Waals surface area contributed by atoms with Crippen molar-refractivity contribution in [1.29, 1.82) is 0 Å². The highest BCUT2D eigenvalue weighted by Crippen LogP contribution is 2.39. The van der Waals surface area contributed by atoms with Gasteiger partial charge < -0.3 is 10.2 Å². The van der Waals surface area contributed by atoms with E-state index in [2.05, 4.69) is 48.1 Å². The molecule has 0 saturated carbocycles. The molecule has 1 unspecified atom stereocenters. The van der Waals surface area contributed by atoms with Crippen molar-refractivity contribution in [1.82, 2.24) is 14.8 Å². The van der Waals surface area contributed by atoms with Gasteiger partial charge >= 0.3 is 0 Å². The first-order chi connectivity index (χ1) is 16.0. The first-order valence-electron chi connectivity index (χ1n) is 11.6. The number of aliphatic imine (C=N–C) groups is 1. The third kappa shape index (κ3) is 4.66. The number of halogens is 1. The molecule has 5 nitrogen and oxygen atoms in total. The number of rotatable bonds is 4. The molecule has 172 valence electrons. The van der Waals surface area contributed by atoms with Crippen LogP contribution in [0.15, 0.2) is 53.5 Å². The van der Waals surface area contributed by atoms with Crippen LogP contribution in [0.2, 0.25) is 0 Å². The largest absolute Gasteiger partial charge is 0.352 e. The maximum atomic E-state index is 13.6. The molecular weight excluding hydrogens is 433 g/mol. The van der Waals surface area contributed by atoms with Crippen LogP contribution < -0.4 is 5.32 Å². The van der Waals surface area contributed by atoms with E-state index in [1.165, 1.54) is 6.07 Å². The van der Waals surface area contributed by atoms with Crippen LogP contribution in [-0.2, 0) is 6.42 Å². The summed E-state index contributed by atoms with van der Waals surface area (Å²) in [5.74, 6) is 1.16. The first kappa shape index (κ1) is 22.0. The second-order valence-electron chi connectivity index (χ2n) is 9.21. The molecule has 0 aliphatic carbocycles. The number of likely N-dealkylation sites (N-methyl/N-ethyl adjacent to an activating group) is 1. The average molecular weight is 464 g/mol. The van der Waals surface area contributed by atoms with Crippen LogP contribution in [0.3, 0.4) is 0 Å². The van der Waals surface area contributed by atoms with Crippen LogP contribution in [0, 0.1) is 5.82 Å². The van der Waals surface area contributed by atoms with Gasteiger partial charge in [-0.25, -0.2) is 14.4 Å². The predicted molar refractivity (Wildman–Crippen MR) is 135 cm³/mol. The van der Waals surface area contributed by atoms with Crippen LogP contribution in [-0.4, -0.2) is 53.3 Å². The number of para-hydroxylation sites is 2. The van der Waals surface area contributed by atoms with Crippen LogP contribution in [0.1, 0.15) is 42.5 Å². The Morgan fingerprint density at radius 2 is 2.00 bits per heavy atom. The Bertz CT molecular complexity index is 1170. The molecule has 0 radical (unpaired) electrons. The number of anilines is 2. The summed E-state index contributed by atoms with van der Waals surface area (Å²) in [5, 5.41) is 5.78. The summed E-state index contributed by atoms with van der Waals surface area (Å²) in [6.45, 7) is 7.10. The van der Waals surface area contributed by atoms with Crippen molar-refractivity contribution in [2.75, 3.05) is 32.0 Å². The molecule has 33 heavy (non-hydrogen) atoms. The van der Waals surface area contributed by atoms with E-state index in [0.717, 1.165) is 71.0 Å². The third-order valence-corrected chi connectivity index (χ3v) is 7.73. The summed E-state index contributed by atoms with van der Waals surface area (Å²) < 4.78 is 13.6. The van der Waals surface area contributed by atoms with E-state index in [1.807, 2.05) is 18.2 Å². The molecule has 0 amide bonds. The molecular formula is C26H30FN5S. The van der Waals surface area contributed by atoms with E-state index in [9.17, 15) is 4.39 Å². The Labute approximate surface area is 199 Å². The molecule has 3 heterocycles. The molecule has 0 spiro atoms. The van der Waals surface area contributed by atoms with Gasteiger partial charge in [-0.1, -0.05) is 38.1 Å². The van der Waals surface area contributed by atoms with Gasteiger partial charge in [0, 0.05) is 31.6 Å². The van der Waals surface area contributed by atoms with Gasteiger partial charge in [0.15, 0.2) is 5.84 Å². The first-order valence-corrected chi connectivity index (χ1v) is 12.4. The number of piperazine rings is 1. The number of hydrogen-bond donors (Lipinski definition) is 1. The van der Waals surface area contributed by atoms with Gasteiger partial charge in [0.05, 0.1) is 16.4 Å². The molecule has 1 fully saturated rings. The molecule has 1 saturated heterocycles. The molecule has 5 rings (SSSR count). The standard InChI is InChI=1S/C26H30FN5S/c1-17(2)25-30-23-24(28-21-9-4-5-10-22(21)29-26(23)33-25)32-14-13-31(3)20(16-32)12-11-18-7-6-8-19(27)15-18/h4-10,15,17,20,29H,11-14,16H2,1-3H3. The Morgan fingerprint density at radius 1 is 1.15 bits per heavy atom. The molecule has 2 aliphatic rings. The highest BCUT2D eigenvalue weighted by molar-refractivity contribution is 7.16. The Hall–Kier alpha value is -2.77. The number of fused-ring (bicyclic) bond motifs is 2. The lowest BCUT2D eigenvalue weighted by Crippen LogP contribution is -2.53. The zero-order valence-electron chi connectivity index (χ0n) is 19.4. The minimum absolute atomic E-state index is 0.165. The number of nitrogens with zero attached hydrogens (tertiary/aromatic N) is 4. The van der Waals surface area contributed by atoms with Gasteiger partial charge in [-0.2, -0.15) is 0 Å². The summed E-state index contributed by atoms with van der Waals surface area (Å²) in [6, 6.07) is 15.5. The topological polar surface area (TPSA) is 43.8 Å². The second-order valence-corrected chi connectivity index (χ2v) is 10.2. The molecule has 0 bridgehead atoms. The lowest BCUT2D eigenvalue weighted by atomic mass is 10.0. The highest BCUT2D eigenvalue weighted by Gasteiger charge is 2.31. The van der Waals surface area contributed by atoms with Crippen LogP contribution >= 0.6 is 11.3 Å². The van der Waals surface area contributed by atoms with Crippen molar-refractivity contribution in [3.05, 3.63) is 70.6 Å². The predicted octanol–water partition coefficient (Wildman–Crippen LogP) is 5.79. The van der Waals surface area contributed by atoms with Crippen molar-refractivity contribution in [3.8, 4) is 0 Å². The molecule has 1 N–H and O–H groups in total. The minimum atomic E-state index is -0.165. The van der Waals surface area contributed by atoms with Crippen molar-refractivity contribution in [2.45, 2.75) is 38.6 Å². The minimum Gasteiger partial charge on any atom is -0.352 e. The number of hydrogen-bond acceptors (Lipinski definition) is 6. The summed E-state index contributed by atoms with van der Waals surface area (Å²) in [6.07, 6.45) is 1.83. The fourth-order valence-electron chi connectivity index (χ4n) is 4.48. The van der Waals surface area contributed by atoms with Gasteiger partial charge in [0.1, 0.15) is 16.5 Å². The van der Waals surface area contributed by atoms with E-state index in [4.69, 9.17) is 9.98 Å². The summed E-state index contributed by atoms with van der Waals surface area (Å²) in [7, 11) is 2.19. The number of aryl methyl sites for hydroxylation is 1. The zero-order chi connectivity index (χ0) is 22.9. The van der Waals surface area contributed by atoms with E-state index in [-0.39, 0.29) is 5.82 Å². The second kappa shape index (κ2) is 9.23. The van der Waals surface area contributed by atoms with Gasteiger partial charge in [0.25, 0.3) is 0 Å². The van der Waals surface area contributed by atoms with Crippen LogP contribution in [0.5, 0.6) is 0 Å². The van der Waals surface area contributed by atoms with Crippen molar-refractivity contribution < 1.29 is 4.39 Å². The fourth-order valence-corrected chi connectivity index (χ4v) is 5.46. The third-order valence-electron chi connectivity index (χ3n) is 6.46. The monoisotopic (exact) mass is 463 g/mol. The van der Waals surface area contributed by atoms with E-state index >= 15 is 0 Å². The number of nitrogens with one attached hydrogen (secondary N) is 1. The number of benzene rings is 2. The molecule has 2 aromatic carbocycles. The van der Waals surface area contributed by atoms with Gasteiger partial charge in [-0.15, -0.1) is 11.3 Å². The van der Waals surface area contributed by atoms with Crippen molar-refractivity contribution in [3.63, 3.8) is 0 Å². The zero-order valence-corrected chi connectivity index (χ0v) is 20.2. The van der Waals surface area contributed by atoms with E-state index in [0.29, 0.717) is 12.0 Å². The Balaban J connectivity index is 1.43. The Kier molecular flexibility index (Phi) is 6.17. The fraction of sp³-hybridized carbons (Fsp3) is 0.385. The molecule has 7 heteroatoms. The van der Waals surface area contributed by atoms with Gasteiger partial charge in [-0.3, -0.25) is 4.90 Å². The average Bonchev–Trinajstić information content (AvgIpc) is 3.15. The maximum absolute atomic E-state index is 13.6. The molecule has 2 aliphatic heterocycles. The van der Waals surface area contributed by atoms with Crippen molar-refractivity contribution in [2.24, 2.45) is 4.99 Å². The van der Waals surface area contributed by atoms with E-state index < -0.39 is 0 Å². The van der Waals surface area contributed by atoms with Crippen LogP contribution in [0.4, 0.5) is 20.8 Å². The normalized spacial score (nSPS) is 18.4. The molecule has 3 aromatic rings. The number of amidine groups is 1. The van der Waals surface area contributed by atoms with Gasteiger partial charge in [0.2, 0.25) is 0 Å². The maximum Gasteiger partial charge on any atom is 0.158 e. The number of aromatic nitrogens is 1. The van der Waals surface area contributed by atoms with Gasteiger partial charge in [-0.05, 0) is 49.7 Å². The Morgan fingerprint density at radius 3 is 2.82 bits per heavy atom. The summed E-state index contributed by atoms with van der Waals surface area (Å²) in [4.78, 5) is 15.0.